The van der Waals surface area contributed by atoms with Gasteiger partial charge in [-0.2, -0.15) is 13.2 Å². The van der Waals surface area contributed by atoms with Crippen molar-refractivity contribution in [2.75, 3.05) is 37.4 Å². The van der Waals surface area contributed by atoms with Crippen LogP contribution in [0, 0.1) is 5.82 Å². The molecule has 1 aliphatic heterocycles. The van der Waals surface area contributed by atoms with Gasteiger partial charge in [0.15, 0.2) is 5.01 Å². The van der Waals surface area contributed by atoms with E-state index in [0.29, 0.717) is 25.4 Å². The van der Waals surface area contributed by atoms with Crippen LogP contribution in [0.1, 0.15) is 71.7 Å². The summed E-state index contributed by atoms with van der Waals surface area (Å²) in [4.78, 5) is 50.5. The van der Waals surface area contributed by atoms with E-state index in [2.05, 4.69) is 20.2 Å². The molecule has 2 aliphatic rings. The van der Waals surface area contributed by atoms with Gasteiger partial charge in [0.25, 0.3) is 11.8 Å². The fraction of sp³-hybridized carbons (Fsp3) is 0.484. The number of amides is 2. The Morgan fingerprint density at radius 1 is 1.09 bits per heavy atom. The van der Waals surface area contributed by atoms with Crippen molar-refractivity contribution < 1.29 is 27.2 Å². The number of halogens is 4. The number of carbonyl (C=O) groups excluding carboxylic acids is 2. The second-order valence-electron chi connectivity index (χ2n) is 11.9. The van der Waals surface area contributed by atoms with Crippen molar-refractivity contribution >= 4 is 34.5 Å². The van der Waals surface area contributed by atoms with Crippen LogP contribution in [0.25, 0.3) is 11.3 Å². The zero-order chi connectivity index (χ0) is 32.6. The molecule has 2 atom stereocenters. The molecule has 3 heterocycles. The molecule has 0 spiro atoms. The van der Waals surface area contributed by atoms with E-state index in [-0.39, 0.29) is 51.7 Å². The number of carbonyl (C=O) groups is 2. The van der Waals surface area contributed by atoms with E-state index in [4.69, 9.17) is 0 Å². The molecular formula is C31H36F4N6O3S. The fourth-order valence-corrected chi connectivity index (χ4v) is 6.89. The molecule has 2 fully saturated rings. The van der Waals surface area contributed by atoms with Crippen LogP contribution in [0.3, 0.4) is 0 Å². The van der Waals surface area contributed by atoms with Gasteiger partial charge in [-0.3, -0.25) is 19.3 Å². The van der Waals surface area contributed by atoms with Crippen molar-refractivity contribution in [3.63, 3.8) is 0 Å². The van der Waals surface area contributed by atoms with E-state index >= 15 is 4.39 Å². The van der Waals surface area contributed by atoms with Crippen LogP contribution >= 0.6 is 11.3 Å². The lowest BCUT2D eigenvalue weighted by molar-refractivity contribution is -0.138. The number of nitrogens with zero attached hydrogens (tertiary/aromatic N) is 4. The number of H-pyrrole nitrogens is 1. The van der Waals surface area contributed by atoms with Gasteiger partial charge >= 0.3 is 6.18 Å². The number of rotatable bonds is 6. The summed E-state index contributed by atoms with van der Waals surface area (Å²) in [5.74, 6) is -2.05. The van der Waals surface area contributed by atoms with Crippen molar-refractivity contribution in [3.8, 4) is 11.3 Å². The summed E-state index contributed by atoms with van der Waals surface area (Å²) >= 11 is 1.08. The molecule has 2 amide bonds. The highest BCUT2D eigenvalue weighted by Gasteiger charge is 2.36. The average Bonchev–Trinajstić information content (AvgIpc) is 3.49. The van der Waals surface area contributed by atoms with Crippen molar-refractivity contribution in [1.29, 1.82) is 0 Å². The Balaban J connectivity index is 1.53. The second-order valence-corrected chi connectivity index (χ2v) is 12.8. The van der Waals surface area contributed by atoms with Crippen LogP contribution in [-0.2, 0) is 6.18 Å². The predicted molar refractivity (Wildman–Crippen MR) is 165 cm³/mol. The summed E-state index contributed by atoms with van der Waals surface area (Å²) < 4.78 is 57.2. The largest absolute Gasteiger partial charge is 0.417 e. The summed E-state index contributed by atoms with van der Waals surface area (Å²) in [6, 6.07) is 3.13. The van der Waals surface area contributed by atoms with Crippen LogP contribution in [0.5, 0.6) is 0 Å². The number of aromatic amines is 1. The number of anilines is 2. The van der Waals surface area contributed by atoms with Crippen molar-refractivity contribution in [2.45, 2.75) is 70.3 Å². The Bertz CT molecular complexity index is 1620. The van der Waals surface area contributed by atoms with Crippen molar-refractivity contribution in [1.82, 2.24) is 19.8 Å². The minimum absolute atomic E-state index is 0.0163. The molecule has 9 nitrogen and oxygen atoms in total. The maximum Gasteiger partial charge on any atom is 0.417 e. The number of alkyl halides is 3. The number of hydrogen-bond acceptors (Lipinski definition) is 7. The van der Waals surface area contributed by atoms with Gasteiger partial charge in [-0.05, 0) is 39.8 Å². The lowest BCUT2D eigenvalue weighted by Crippen LogP contribution is -2.55. The zero-order valence-electron chi connectivity index (χ0n) is 25.5. The molecular weight excluding hydrogens is 612 g/mol. The Morgan fingerprint density at radius 2 is 1.76 bits per heavy atom. The number of likely N-dealkylation sites (N-methyl/N-ethyl adjacent to an activating group) is 1. The van der Waals surface area contributed by atoms with Crippen molar-refractivity contribution in [3.05, 3.63) is 62.1 Å². The summed E-state index contributed by atoms with van der Waals surface area (Å²) in [6.07, 6.45) is 0.806. The Morgan fingerprint density at radius 3 is 2.40 bits per heavy atom. The number of piperazine rings is 1. The molecule has 14 heteroatoms. The maximum absolute atomic E-state index is 15.9. The molecule has 5 rings (SSSR count). The average molecular weight is 649 g/mol. The minimum atomic E-state index is -4.96. The monoisotopic (exact) mass is 648 g/mol. The van der Waals surface area contributed by atoms with Gasteiger partial charge in [0.05, 0.1) is 28.2 Å². The highest BCUT2D eigenvalue weighted by Crippen LogP contribution is 2.38. The van der Waals surface area contributed by atoms with Crippen LogP contribution in [-0.4, -0.2) is 76.9 Å². The van der Waals surface area contributed by atoms with E-state index in [1.165, 1.54) is 12.1 Å². The van der Waals surface area contributed by atoms with Crippen LogP contribution in [0.4, 0.5) is 28.9 Å². The summed E-state index contributed by atoms with van der Waals surface area (Å²) in [5, 5.41) is 4.29. The van der Waals surface area contributed by atoms with E-state index in [9.17, 15) is 27.6 Å². The van der Waals surface area contributed by atoms with Gasteiger partial charge in [-0.25, -0.2) is 9.37 Å². The standard InChI is InChI=1S/C31H36F4N6O3S/c1-17-14-41(15-18(2)39(17)3)26-12-23(32)20(25-16-45-29(38-25)30(44)40(4)19-8-6-5-7-9-19)10-24(26)37-28(43)21-13-36-27(42)11-22(21)31(33,34)35/h10-13,16-19H,5-9,14-15H2,1-4H3,(H,36,42)(H,37,43)/t17-,18+. The molecule has 1 saturated heterocycles. The van der Waals surface area contributed by atoms with Gasteiger partial charge in [0.2, 0.25) is 5.56 Å². The molecule has 2 aromatic heterocycles. The fourth-order valence-electron chi connectivity index (χ4n) is 6.09. The third-order valence-corrected chi connectivity index (χ3v) is 9.74. The van der Waals surface area contributed by atoms with E-state index in [1.807, 2.05) is 25.8 Å². The Hall–Kier alpha value is -3.78. The molecule has 0 unspecified atom stereocenters. The molecule has 0 bridgehead atoms. The zero-order valence-corrected chi connectivity index (χ0v) is 26.3. The maximum atomic E-state index is 15.9. The van der Waals surface area contributed by atoms with Gasteiger partial charge in [0, 0.05) is 67.5 Å². The lowest BCUT2D eigenvalue weighted by atomic mass is 9.94. The van der Waals surface area contributed by atoms with Gasteiger partial charge < -0.3 is 20.1 Å². The predicted octanol–water partition coefficient (Wildman–Crippen LogP) is 5.84. The number of pyridine rings is 1. The third kappa shape index (κ3) is 6.91. The number of hydrogen-bond donors (Lipinski definition) is 2. The normalized spacial score (nSPS) is 19.9. The first kappa shape index (κ1) is 32.6. The summed E-state index contributed by atoms with van der Waals surface area (Å²) in [5.41, 5.74) is -2.67. The number of nitrogens with one attached hydrogen (secondary N) is 2. The van der Waals surface area contributed by atoms with Gasteiger partial charge in [0.1, 0.15) is 5.82 Å². The quantitative estimate of drug-likeness (QED) is 0.326. The summed E-state index contributed by atoms with van der Waals surface area (Å²) in [6.45, 7) is 4.94. The van der Waals surface area contributed by atoms with Crippen LogP contribution in [0.15, 0.2) is 34.6 Å². The molecule has 2 N–H and O–H groups in total. The topological polar surface area (TPSA) is 102 Å². The van der Waals surface area contributed by atoms with Gasteiger partial charge in [-0.15, -0.1) is 11.3 Å². The highest BCUT2D eigenvalue weighted by molar-refractivity contribution is 7.12. The molecule has 1 aliphatic carbocycles. The van der Waals surface area contributed by atoms with E-state index < -0.39 is 34.6 Å². The Labute approximate surface area is 262 Å². The molecule has 1 saturated carbocycles. The molecule has 1 aromatic carbocycles. The highest BCUT2D eigenvalue weighted by atomic mass is 32.1. The second kappa shape index (κ2) is 12.9. The van der Waals surface area contributed by atoms with Crippen molar-refractivity contribution in [2.24, 2.45) is 0 Å². The lowest BCUT2D eigenvalue weighted by Gasteiger charge is -2.44. The SMILES string of the molecule is C[C@@H]1CN(c2cc(F)c(-c3csc(C(=O)N(C)C4CCCCC4)n3)cc2NC(=O)c2c[nH]c(=O)cc2C(F)(F)F)C[C@H](C)N1C. The van der Waals surface area contributed by atoms with E-state index in [0.717, 1.165) is 43.4 Å². The van der Waals surface area contributed by atoms with Gasteiger partial charge in [-0.1, -0.05) is 19.3 Å². The minimum Gasteiger partial charge on any atom is -0.367 e. The smallest absolute Gasteiger partial charge is 0.367 e. The number of aromatic nitrogens is 2. The first-order valence-corrected chi connectivity index (χ1v) is 15.8. The summed E-state index contributed by atoms with van der Waals surface area (Å²) in [7, 11) is 3.72. The number of benzene rings is 1. The van der Waals surface area contributed by atoms with E-state index in [1.54, 1.807) is 17.3 Å². The van der Waals surface area contributed by atoms with Crippen LogP contribution < -0.4 is 15.8 Å². The molecule has 0 radical (unpaired) electrons. The Kier molecular flexibility index (Phi) is 9.36. The first-order chi connectivity index (χ1) is 21.2. The number of thiazole rings is 1. The molecule has 242 valence electrons. The first-order valence-electron chi connectivity index (χ1n) is 14.9. The van der Waals surface area contributed by atoms with Crippen LogP contribution in [0.2, 0.25) is 0 Å². The molecule has 45 heavy (non-hydrogen) atoms. The molecule has 3 aromatic rings. The third-order valence-electron chi connectivity index (χ3n) is 8.91.